The molecule has 1 N–H and O–H groups in total. The highest BCUT2D eigenvalue weighted by Crippen LogP contribution is 2.30. The largest absolute Gasteiger partial charge is 0.466 e. The first kappa shape index (κ1) is 14.9. The third-order valence-electron chi connectivity index (χ3n) is 3.95. The van der Waals surface area contributed by atoms with Gasteiger partial charge in [0.2, 0.25) is 0 Å². The molecule has 1 aromatic carbocycles. The molecule has 0 aliphatic rings. The van der Waals surface area contributed by atoms with Crippen molar-refractivity contribution in [3.8, 4) is 0 Å². The van der Waals surface area contributed by atoms with Crippen LogP contribution in [0.5, 0.6) is 0 Å². The molecule has 0 saturated carbocycles. The average Bonchev–Trinajstić information content (AvgIpc) is 2.74. The molecular formula is C18H25NO. The van der Waals surface area contributed by atoms with Crippen LogP contribution >= 0.6 is 0 Å². The minimum absolute atomic E-state index is 0.215. The van der Waals surface area contributed by atoms with Crippen molar-refractivity contribution in [2.75, 3.05) is 6.54 Å². The van der Waals surface area contributed by atoms with Gasteiger partial charge in [-0.3, -0.25) is 0 Å². The van der Waals surface area contributed by atoms with Gasteiger partial charge >= 0.3 is 0 Å². The summed E-state index contributed by atoms with van der Waals surface area (Å²) in [4.78, 5) is 0. The van der Waals surface area contributed by atoms with Gasteiger partial charge in [0.05, 0.1) is 6.04 Å². The van der Waals surface area contributed by atoms with E-state index < -0.39 is 0 Å². The van der Waals surface area contributed by atoms with Crippen molar-refractivity contribution in [2.45, 2.75) is 47.1 Å². The van der Waals surface area contributed by atoms with Gasteiger partial charge in [0.15, 0.2) is 0 Å². The van der Waals surface area contributed by atoms with Gasteiger partial charge in [0.25, 0.3) is 0 Å². The molecule has 108 valence electrons. The van der Waals surface area contributed by atoms with Crippen molar-refractivity contribution in [1.82, 2.24) is 5.32 Å². The molecule has 2 nitrogen and oxygen atoms in total. The van der Waals surface area contributed by atoms with E-state index in [9.17, 15) is 0 Å². The highest BCUT2D eigenvalue weighted by atomic mass is 16.3. The number of benzene rings is 1. The van der Waals surface area contributed by atoms with Gasteiger partial charge in [-0.2, -0.15) is 0 Å². The molecule has 2 aromatic rings. The molecule has 1 aromatic heterocycles. The molecule has 0 aliphatic carbocycles. The summed E-state index contributed by atoms with van der Waals surface area (Å²) < 4.78 is 5.73. The maximum absolute atomic E-state index is 5.73. The Morgan fingerprint density at radius 2 is 1.85 bits per heavy atom. The molecular weight excluding hydrogens is 246 g/mol. The van der Waals surface area contributed by atoms with Gasteiger partial charge in [0, 0.05) is 5.56 Å². The van der Waals surface area contributed by atoms with Gasteiger partial charge in [-0.15, -0.1) is 0 Å². The minimum Gasteiger partial charge on any atom is -0.466 e. The van der Waals surface area contributed by atoms with E-state index in [1.54, 1.807) is 0 Å². The number of hydrogen-bond acceptors (Lipinski definition) is 2. The van der Waals surface area contributed by atoms with Crippen molar-refractivity contribution in [3.05, 3.63) is 58.0 Å². The summed E-state index contributed by atoms with van der Waals surface area (Å²) in [5, 5.41) is 3.66. The lowest BCUT2D eigenvalue weighted by atomic mass is 9.92. The minimum atomic E-state index is 0.215. The Labute approximate surface area is 122 Å². The number of nitrogens with one attached hydrogen (secondary N) is 1. The average molecular weight is 271 g/mol. The number of furan rings is 1. The molecule has 0 saturated heterocycles. The van der Waals surface area contributed by atoms with Gasteiger partial charge in [-0.25, -0.2) is 0 Å². The number of rotatable bonds is 5. The summed E-state index contributed by atoms with van der Waals surface area (Å²) in [7, 11) is 0. The van der Waals surface area contributed by atoms with E-state index in [0.29, 0.717) is 0 Å². The van der Waals surface area contributed by atoms with Crippen LogP contribution in [0.2, 0.25) is 0 Å². The molecule has 1 heterocycles. The van der Waals surface area contributed by atoms with Crippen LogP contribution in [-0.4, -0.2) is 6.54 Å². The lowest BCUT2D eigenvalue weighted by Gasteiger charge is -2.21. The first-order valence-electron chi connectivity index (χ1n) is 7.41. The molecule has 0 amide bonds. The zero-order chi connectivity index (χ0) is 14.7. The summed E-state index contributed by atoms with van der Waals surface area (Å²) in [6, 6.07) is 8.90. The zero-order valence-electron chi connectivity index (χ0n) is 13.2. The van der Waals surface area contributed by atoms with E-state index in [-0.39, 0.29) is 6.04 Å². The van der Waals surface area contributed by atoms with Crippen LogP contribution in [0, 0.1) is 27.7 Å². The number of aryl methyl sites for hydroxylation is 3. The Morgan fingerprint density at radius 1 is 1.10 bits per heavy atom. The van der Waals surface area contributed by atoms with E-state index in [4.69, 9.17) is 4.42 Å². The van der Waals surface area contributed by atoms with Crippen LogP contribution in [-0.2, 0) is 0 Å². The van der Waals surface area contributed by atoms with Crippen molar-refractivity contribution < 1.29 is 4.42 Å². The highest BCUT2D eigenvalue weighted by Gasteiger charge is 2.20. The predicted octanol–water partition coefficient (Wildman–Crippen LogP) is 4.60. The summed E-state index contributed by atoms with van der Waals surface area (Å²) in [5.74, 6) is 1.99. The summed E-state index contributed by atoms with van der Waals surface area (Å²) >= 11 is 0. The second-order valence-electron chi connectivity index (χ2n) is 5.54. The fourth-order valence-corrected chi connectivity index (χ4v) is 2.70. The van der Waals surface area contributed by atoms with E-state index >= 15 is 0 Å². The van der Waals surface area contributed by atoms with Crippen LogP contribution in [0.3, 0.4) is 0 Å². The molecule has 0 aliphatic heterocycles. The van der Waals surface area contributed by atoms with E-state index in [1.807, 2.05) is 13.8 Å². The Balaban J connectivity index is 2.47. The molecule has 2 heteroatoms. The fraction of sp³-hybridized carbons (Fsp3) is 0.444. The molecule has 0 fully saturated rings. The maximum atomic E-state index is 5.73. The molecule has 20 heavy (non-hydrogen) atoms. The number of hydrogen-bond donors (Lipinski definition) is 1. The molecule has 0 radical (unpaired) electrons. The van der Waals surface area contributed by atoms with Gasteiger partial charge in [-0.05, 0) is 63.4 Å². The molecule has 0 spiro atoms. The lowest BCUT2D eigenvalue weighted by Crippen LogP contribution is -2.24. The first-order valence-corrected chi connectivity index (χ1v) is 7.41. The zero-order valence-corrected chi connectivity index (χ0v) is 13.2. The maximum Gasteiger partial charge on any atom is 0.106 e. The Hall–Kier alpha value is -1.54. The topological polar surface area (TPSA) is 25.2 Å². The molecule has 0 bridgehead atoms. The van der Waals surface area contributed by atoms with Crippen molar-refractivity contribution in [2.24, 2.45) is 0 Å². The van der Waals surface area contributed by atoms with Crippen LogP contribution < -0.4 is 5.32 Å². The fourth-order valence-electron chi connectivity index (χ4n) is 2.70. The van der Waals surface area contributed by atoms with Crippen LogP contribution in [0.4, 0.5) is 0 Å². The molecule has 2 rings (SSSR count). The van der Waals surface area contributed by atoms with Crippen molar-refractivity contribution >= 4 is 0 Å². The van der Waals surface area contributed by atoms with Gasteiger partial charge in [0.1, 0.15) is 11.5 Å². The first-order chi connectivity index (χ1) is 9.54. The van der Waals surface area contributed by atoms with Gasteiger partial charge in [-0.1, -0.05) is 25.1 Å². The van der Waals surface area contributed by atoms with E-state index in [0.717, 1.165) is 24.5 Å². The standard InChI is InChI=1S/C18H25NO/c1-6-10-19-18(17-11-13(3)20-15(17)5)16-9-7-8-12(2)14(16)4/h7-9,11,18-19H,6,10H2,1-5H3. The lowest BCUT2D eigenvalue weighted by molar-refractivity contribution is 0.493. The highest BCUT2D eigenvalue weighted by molar-refractivity contribution is 5.41. The Morgan fingerprint density at radius 3 is 2.45 bits per heavy atom. The molecule has 1 unspecified atom stereocenters. The second kappa shape index (κ2) is 6.27. The monoisotopic (exact) mass is 271 g/mol. The normalized spacial score (nSPS) is 12.7. The Kier molecular flexibility index (Phi) is 4.66. The molecule has 1 atom stereocenters. The van der Waals surface area contributed by atoms with Crippen LogP contribution in [0.1, 0.15) is 53.2 Å². The van der Waals surface area contributed by atoms with Crippen LogP contribution in [0.25, 0.3) is 0 Å². The smallest absolute Gasteiger partial charge is 0.106 e. The quantitative estimate of drug-likeness (QED) is 0.859. The third kappa shape index (κ3) is 2.96. The third-order valence-corrected chi connectivity index (χ3v) is 3.95. The van der Waals surface area contributed by atoms with E-state index in [2.05, 4.69) is 50.4 Å². The van der Waals surface area contributed by atoms with Gasteiger partial charge < -0.3 is 9.73 Å². The predicted molar refractivity (Wildman–Crippen MR) is 84.2 cm³/mol. The summed E-state index contributed by atoms with van der Waals surface area (Å²) in [6.07, 6.45) is 1.12. The summed E-state index contributed by atoms with van der Waals surface area (Å²) in [6.45, 7) is 11.6. The SMILES string of the molecule is CCCNC(c1cc(C)oc1C)c1cccc(C)c1C. The second-order valence-corrected chi connectivity index (χ2v) is 5.54. The van der Waals surface area contributed by atoms with Crippen LogP contribution in [0.15, 0.2) is 28.7 Å². The Bertz CT molecular complexity index is 583. The van der Waals surface area contributed by atoms with Crippen molar-refractivity contribution in [3.63, 3.8) is 0 Å². The summed E-state index contributed by atoms with van der Waals surface area (Å²) in [5.41, 5.74) is 5.30. The van der Waals surface area contributed by atoms with Crippen molar-refractivity contribution in [1.29, 1.82) is 0 Å². The van der Waals surface area contributed by atoms with E-state index in [1.165, 1.54) is 22.3 Å².